The Morgan fingerprint density at radius 2 is 2.22 bits per heavy atom. The molecule has 1 saturated carbocycles. The molecule has 1 fully saturated rings. The molecular weight excluding hydrogens is 224 g/mol. The van der Waals surface area contributed by atoms with Crippen molar-refractivity contribution in [1.82, 2.24) is 4.98 Å². The summed E-state index contributed by atoms with van der Waals surface area (Å²) in [4.78, 5) is 16.7. The van der Waals surface area contributed by atoms with E-state index in [4.69, 9.17) is 0 Å². The Hall–Kier alpha value is -1.64. The van der Waals surface area contributed by atoms with Gasteiger partial charge in [-0.2, -0.15) is 0 Å². The van der Waals surface area contributed by atoms with Crippen molar-refractivity contribution < 1.29 is 4.79 Å². The van der Waals surface area contributed by atoms with Gasteiger partial charge in [-0.15, -0.1) is 0 Å². The maximum Gasteiger partial charge on any atom is 0.161 e. The molecule has 3 nitrogen and oxygen atoms in total. The molecule has 1 aliphatic carbocycles. The molecule has 0 radical (unpaired) electrons. The number of fused-ring (bicyclic) bond motifs is 2. The number of carbonyl (C=O) groups excluding carboxylic acids is 1. The lowest BCUT2D eigenvalue weighted by Crippen LogP contribution is -2.41. The quantitative estimate of drug-likeness (QED) is 0.760. The summed E-state index contributed by atoms with van der Waals surface area (Å²) in [5.41, 5.74) is 3.21. The van der Waals surface area contributed by atoms with Gasteiger partial charge in [-0.25, -0.2) is 4.98 Å². The smallest absolute Gasteiger partial charge is 0.161 e. The van der Waals surface area contributed by atoms with Gasteiger partial charge in [0.15, 0.2) is 5.78 Å². The molecule has 0 aromatic carbocycles. The van der Waals surface area contributed by atoms with E-state index in [-0.39, 0.29) is 17.2 Å². The van der Waals surface area contributed by atoms with Gasteiger partial charge >= 0.3 is 0 Å². The molecule has 18 heavy (non-hydrogen) atoms. The molecule has 1 aliphatic heterocycles. The molecule has 94 valence electrons. The van der Waals surface area contributed by atoms with E-state index < -0.39 is 0 Å². The molecule has 3 rings (SSSR count). The van der Waals surface area contributed by atoms with Gasteiger partial charge in [0.05, 0.1) is 6.04 Å². The van der Waals surface area contributed by atoms with Crippen LogP contribution >= 0.6 is 0 Å². The fraction of sp³-hybridized carbons (Fsp3) is 0.467. The first-order chi connectivity index (χ1) is 8.48. The first-order valence-electron chi connectivity index (χ1n) is 6.44. The number of hydrogen-bond donors (Lipinski definition) is 1. The average molecular weight is 242 g/mol. The van der Waals surface area contributed by atoms with Gasteiger partial charge < -0.3 is 5.32 Å². The number of allylic oxidation sites excluding steroid dienone is 1. The Morgan fingerprint density at radius 1 is 1.44 bits per heavy atom. The average Bonchev–Trinajstić information content (AvgIpc) is 2.26. The van der Waals surface area contributed by atoms with E-state index in [0.717, 1.165) is 28.9 Å². The molecule has 0 bridgehead atoms. The second kappa shape index (κ2) is 3.67. The molecule has 1 aromatic rings. The predicted molar refractivity (Wildman–Crippen MR) is 72.3 cm³/mol. The minimum absolute atomic E-state index is 0.0742. The van der Waals surface area contributed by atoms with E-state index in [9.17, 15) is 4.79 Å². The number of pyridine rings is 1. The standard InChI is InChI=1S/C15H18N2O/c1-9-10-5-4-6-16-14(10)17-11-7-15(2,3)8-12(18)13(9)11/h4-6,11H,7-8H2,1-3H3,(H,16,17). The Morgan fingerprint density at radius 3 is 3.00 bits per heavy atom. The number of rotatable bonds is 0. The lowest BCUT2D eigenvalue weighted by molar-refractivity contribution is -0.119. The van der Waals surface area contributed by atoms with Crippen LogP contribution in [0.5, 0.6) is 0 Å². The summed E-state index contributed by atoms with van der Waals surface area (Å²) in [6, 6.07) is 4.08. The van der Waals surface area contributed by atoms with E-state index in [2.05, 4.69) is 24.1 Å². The molecule has 3 heteroatoms. The van der Waals surface area contributed by atoms with Crippen LogP contribution in [0.3, 0.4) is 0 Å². The first-order valence-corrected chi connectivity index (χ1v) is 6.44. The summed E-state index contributed by atoms with van der Waals surface area (Å²) in [5, 5.41) is 3.43. The number of anilines is 1. The van der Waals surface area contributed by atoms with Crippen LogP contribution in [0.25, 0.3) is 5.57 Å². The second-order valence-corrected chi connectivity index (χ2v) is 6.10. The highest BCUT2D eigenvalue weighted by Crippen LogP contribution is 2.43. The zero-order valence-corrected chi connectivity index (χ0v) is 11.1. The maximum absolute atomic E-state index is 12.3. The van der Waals surface area contributed by atoms with Crippen LogP contribution in [0.2, 0.25) is 0 Å². The highest BCUT2D eigenvalue weighted by Gasteiger charge is 2.40. The first kappa shape index (κ1) is 11.5. The molecule has 2 heterocycles. The van der Waals surface area contributed by atoms with E-state index >= 15 is 0 Å². The summed E-state index contributed by atoms with van der Waals surface area (Å²) in [7, 11) is 0. The Bertz CT molecular complexity index is 557. The summed E-state index contributed by atoms with van der Waals surface area (Å²) < 4.78 is 0. The second-order valence-electron chi connectivity index (χ2n) is 6.10. The maximum atomic E-state index is 12.3. The molecule has 2 aliphatic rings. The highest BCUT2D eigenvalue weighted by atomic mass is 16.1. The minimum Gasteiger partial charge on any atom is -0.363 e. The zero-order chi connectivity index (χ0) is 12.9. The molecule has 1 aromatic heterocycles. The topological polar surface area (TPSA) is 42.0 Å². The van der Waals surface area contributed by atoms with Gasteiger partial charge in [0, 0.05) is 23.8 Å². The minimum atomic E-state index is 0.0742. The molecule has 0 spiro atoms. The van der Waals surface area contributed by atoms with Gasteiger partial charge in [0.2, 0.25) is 0 Å². The third-order valence-corrected chi connectivity index (χ3v) is 3.97. The summed E-state index contributed by atoms with van der Waals surface area (Å²) in [5.74, 6) is 1.20. The Labute approximate surface area is 107 Å². The van der Waals surface area contributed by atoms with Crippen molar-refractivity contribution in [3.8, 4) is 0 Å². The van der Waals surface area contributed by atoms with Crippen molar-refractivity contribution >= 4 is 17.2 Å². The molecule has 1 unspecified atom stereocenters. The highest BCUT2D eigenvalue weighted by molar-refractivity contribution is 6.07. The van der Waals surface area contributed by atoms with Crippen LogP contribution in [0.1, 0.15) is 39.2 Å². The zero-order valence-electron chi connectivity index (χ0n) is 11.1. The lowest BCUT2D eigenvalue weighted by Gasteiger charge is -2.40. The van der Waals surface area contributed by atoms with Crippen molar-refractivity contribution in [2.24, 2.45) is 5.41 Å². The summed E-state index contributed by atoms with van der Waals surface area (Å²) in [6.07, 6.45) is 3.43. The summed E-state index contributed by atoms with van der Waals surface area (Å²) in [6.45, 7) is 6.36. The largest absolute Gasteiger partial charge is 0.363 e. The van der Waals surface area contributed by atoms with E-state index in [0.29, 0.717) is 6.42 Å². The van der Waals surface area contributed by atoms with Crippen molar-refractivity contribution in [3.05, 3.63) is 29.5 Å². The van der Waals surface area contributed by atoms with Gasteiger partial charge in [-0.3, -0.25) is 4.79 Å². The lowest BCUT2D eigenvalue weighted by atomic mass is 9.69. The molecular formula is C15H18N2O. The van der Waals surface area contributed by atoms with Crippen LogP contribution in [0, 0.1) is 5.41 Å². The van der Waals surface area contributed by atoms with Crippen molar-refractivity contribution in [1.29, 1.82) is 0 Å². The molecule has 1 atom stereocenters. The Balaban J connectivity index is 2.13. The van der Waals surface area contributed by atoms with E-state index in [1.54, 1.807) is 6.20 Å². The molecule has 1 N–H and O–H groups in total. The number of nitrogens with one attached hydrogen (secondary N) is 1. The number of nitrogens with zero attached hydrogens (tertiary/aromatic N) is 1. The van der Waals surface area contributed by atoms with Crippen LogP contribution in [0.15, 0.2) is 23.9 Å². The van der Waals surface area contributed by atoms with E-state index in [1.165, 1.54) is 0 Å². The third kappa shape index (κ3) is 1.65. The number of Topliss-reactive ketones (excluding diaryl/α,β-unsaturated/α-hetero) is 1. The monoisotopic (exact) mass is 242 g/mol. The SMILES string of the molecule is CC1=C2C(=O)CC(C)(C)CC2Nc2ncccc21. The predicted octanol–water partition coefficient (Wildman–Crippen LogP) is 3.04. The van der Waals surface area contributed by atoms with Gasteiger partial charge in [-0.1, -0.05) is 13.8 Å². The van der Waals surface area contributed by atoms with Crippen molar-refractivity contribution in [2.45, 2.75) is 39.7 Å². The number of aromatic nitrogens is 1. The Kier molecular flexibility index (Phi) is 2.34. The van der Waals surface area contributed by atoms with Crippen molar-refractivity contribution in [2.75, 3.05) is 5.32 Å². The normalized spacial score (nSPS) is 25.3. The van der Waals surface area contributed by atoms with Gasteiger partial charge in [0.25, 0.3) is 0 Å². The third-order valence-electron chi connectivity index (χ3n) is 3.97. The fourth-order valence-corrected chi connectivity index (χ4v) is 3.18. The van der Waals surface area contributed by atoms with E-state index in [1.807, 2.05) is 19.1 Å². The van der Waals surface area contributed by atoms with Crippen LogP contribution in [-0.2, 0) is 4.79 Å². The van der Waals surface area contributed by atoms with Crippen LogP contribution < -0.4 is 5.32 Å². The fourth-order valence-electron chi connectivity index (χ4n) is 3.18. The summed E-state index contributed by atoms with van der Waals surface area (Å²) >= 11 is 0. The number of carbonyl (C=O) groups is 1. The molecule has 0 saturated heterocycles. The number of hydrogen-bond acceptors (Lipinski definition) is 3. The molecule has 0 amide bonds. The van der Waals surface area contributed by atoms with Crippen molar-refractivity contribution in [3.63, 3.8) is 0 Å². The number of ketones is 1. The van der Waals surface area contributed by atoms with Crippen LogP contribution in [-0.4, -0.2) is 16.8 Å². The van der Waals surface area contributed by atoms with Gasteiger partial charge in [-0.05, 0) is 36.5 Å². The van der Waals surface area contributed by atoms with Gasteiger partial charge in [0.1, 0.15) is 5.82 Å². The van der Waals surface area contributed by atoms with Crippen LogP contribution in [0.4, 0.5) is 5.82 Å².